The van der Waals surface area contributed by atoms with Crippen LogP contribution in [-0.2, 0) is 0 Å². The second-order valence-electron chi connectivity index (χ2n) is 4.50. The van der Waals surface area contributed by atoms with E-state index in [0.717, 1.165) is 11.0 Å². The largest absolute Gasteiger partial charge is 0.456 e. The maximum Gasteiger partial charge on any atom is 0.321 e. The Bertz CT molecular complexity index is 831. The average Bonchev–Trinajstić information content (AvgIpc) is 2.91. The fourth-order valence-corrected chi connectivity index (χ4v) is 2.11. The number of aromatic amines is 1. The van der Waals surface area contributed by atoms with E-state index in [0.29, 0.717) is 22.5 Å². The summed E-state index contributed by atoms with van der Waals surface area (Å²) in [7, 11) is 1.54. The Hall–Kier alpha value is -2.73. The molecule has 3 aromatic rings. The number of nitrogens with zero attached hydrogens (tertiary/aromatic N) is 1. The fourth-order valence-electron chi connectivity index (χ4n) is 1.94. The summed E-state index contributed by atoms with van der Waals surface area (Å²) in [5.74, 6) is 1.56. The number of rotatable bonds is 3. The van der Waals surface area contributed by atoms with Gasteiger partial charge in [-0.25, -0.2) is 9.78 Å². The predicted octanol–water partition coefficient (Wildman–Crippen LogP) is 3.76. The number of hydrogen-bond acceptors (Lipinski definition) is 3. The molecule has 2 aromatic carbocycles. The number of carbonyl (C=O) groups excluding carboxylic acids is 1. The molecule has 1 aromatic heterocycles. The second-order valence-corrected chi connectivity index (χ2v) is 4.91. The summed E-state index contributed by atoms with van der Waals surface area (Å²) in [6.07, 6.45) is 0. The van der Waals surface area contributed by atoms with Gasteiger partial charge in [0.25, 0.3) is 0 Å². The molecule has 0 atom stereocenters. The number of hydrogen-bond donors (Lipinski definition) is 3. The number of para-hydroxylation sites is 1. The Morgan fingerprint density at radius 2 is 2.09 bits per heavy atom. The van der Waals surface area contributed by atoms with Gasteiger partial charge in [0.2, 0.25) is 5.95 Å². The summed E-state index contributed by atoms with van der Waals surface area (Å²) in [5, 5.41) is 5.58. The highest BCUT2D eigenvalue weighted by Crippen LogP contribution is 2.30. The highest BCUT2D eigenvalue weighted by Gasteiger charge is 2.08. The Balaban J connectivity index is 1.86. The number of anilines is 1. The van der Waals surface area contributed by atoms with E-state index in [1.165, 1.54) is 7.05 Å². The Kier molecular flexibility index (Phi) is 3.84. The molecule has 0 aliphatic rings. The van der Waals surface area contributed by atoms with Gasteiger partial charge in [-0.05, 0) is 24.3 Å². The molecule has 3 rings (SSSR count). The van der Waals surface area contributed by atoms with Crippen LogP contribution in [0, 0.1) is 0 Å². The van der Waals surface area contributed by atoms with Crippen LogP contribution in [0.5, 0.6) is 11.5 Å². The van der Waals surface area contributed by atoms with Crippen molar-refractivity contribution in [2.45, 2.75) is 0 Å². The predicted molar refractivity (Wildman–Crippen MR) is 85.7 cm³/mol. The number of aromatic nitrogens is 2. The highest BCUT2D eigenvalue weighted by atomic mass is 35.5. The standard InChI is InChI=1S/C15H13ClN4O2/c1-17-15(21)20-14-18-11-7-6-9(8-12(11)19-14)22-13-5-3-2-4-10(13)16/h2-8H,1H3,(H3,17,18,19,20,21). The number of amides is 2. The van der Waals surface area contributed by atoms with Crippen molar-refractivity contribution in [1.82, 2.24) is 15.3 Å². The Labute approximate surface area is 131 Å². The number of fused-ring (bicyclic) bond motifs is 1. The monoisotopic (exact) mass is 316 g/mol. The molecule has 0 bridgehead atoms. The van der Waals surface area contributed by atoms with E-state index in [1.807, 2.05) is 12.1 Å². The van der Waals surface area contributed by atoms with E-state index in [1.54, 1.807) is 30.3 Å². The van der Waals surface area contributed by atoms with Crippen molar-refractivity contribution < 1.29 is 9.53 Å². The van der Waals surface area contributed by atoms with Crippen LogP contribution in [-0.4, -0.2) is 23.0 Å². The topological polar surface area (TPSA) is 79.0 Å². The molecule has 3 N–H and O–H groups in total. The van der Waals surface area contributed by atoms with E-state index < -0.39 is 0 Å². The van der Waals surface area contributed by atoms with E-state index in [4.69, 9.17) is 16.3 Å². The van der Waals surface area contributed by atoms with Crippen molar-refractivity contribution in [3.63, 3.8) is 0 Å². The quantitative estimate of drug-likeness (QED) is 0.688. The van der Waals surface area contributed by atoms with E-state index in [-0.39, 0.29) is 6.03 Å². The number of carbonyl (C=O) groups is 1. The summed E-state index contributed by atoms with van der Waals surface area (Å²) in [6, 6.07) is 12.3. The van der Waals surface area contributed by atoms with Gasteiger partial charge in [-0.15, -0.1) is 0 Å². The molecule has 0 unspecified atom stereocenters. The molecular formula is C15H13ClN4O2. The Morgan fingerprint density at radius 3 is 2.86 bits per heavy atom. The number of ether oxygens (including phenoxy) is 1. The first-order valence-corrected chi connectivity index (χ1v) is 6.94. The minimum absolute atomic E-state index is 0.341. The molecule has 0 fully saturated rings. The number of H-pyrrole nitrogens is 1. The van der Waals surface area contributed by atoms with Crippen LogP contribution < -0.4 is 15.4 Å². The maximum atomic E-state index is 11.3. The van der Waals surface area contributed by atoms with E-state index in [9.17, 15) is 4.79 Å². The molecule has 0 aliphatic heterocycles. The number of imidazole rings is 1. The smallest absolute Gasteiger partial charge is 0.321 e. The molecule has 6 nitrogen and oxygen atoms in total. The van der Waals surface area contributed by atoms with Gasteiger partial charge < -0.3 is 15.0 Å². The summed E-state index contributed by atoms with van der Waals surface area (Å²) in [5.41, 5.74) is 1.47. The minimum Gasteiger partial charge on any atom is -0.456 e. The lowest BCUT2D eigenvalue weighted by Crippen LogP contribution is -2.24. The van der Waals surface area contributed by atoms with Crippen molar-refractivity contribution in [3.05, 3.63) is 47.5 Å². The second kappa shape index (κ2) is 5.95. The molecule has 0 spiro atoms. The number of benzene rings is 2. The Morgan fingerprint density at radius 1 is 1.27 bits per heavy atom. The van der Waals surface area contributed by atoms with Gasteiger partial charge in [0.1, 0.15) is 11.5 Å². The number of halogens is 1. The lowest BCUT2D eigenvalue weighted by molar-refractivity contribution is 0.254. The summed E-state index contributed by atoms with van der Waals surface area (Å²) in [6.45, 7) is 0. The molecular weight excluding hydrogens is 304 g/mol. The van der Waals surface area contributed by atoms with Crippen molar-refractivity contribution in [1.29, 1.82) is 0 Å². The minimum atomic E-state index is -0.341. The first-order valence-electron chi connectivity index (χ1n) is 6.56. The molecule has 22 heavy (non-hydrogen) atoms. The normalized spacial score (nSPS) is 10.5. The zero-order chi connectivity index (χ0) is 15.5. The van der Waals surface area contributed by atoms with E-state index in [2.05, 4.69) is 20.6 Å². The molecule has 1 heterocycles. The lowest BCUT2D eigenvalue weighted by atomic mass is 10.3. The van der Waals surface area contributed by atoms with Crippen LogP contribution in [0.4, 0.5) is 10.7 Å². The van der Waals surface area contributed by atoms with Crippen molar-refractivity contribution in [2.75, 3.05) is 12.4 Å². The first-order chi connectivity index (χ1) is 10.7. The molecule has 0 aliphatic carbocycles. The molecule has 2 amide bonds. The number of urea groups is 1. The van der Waals surface area contributed by atoms with Gasteiger partial charge in [-0.2, -0.15) is 0 Å². The van der Waals surface area contributed by atoms with Gasteiger partial charge in [0, 0.05) is 13.1 Å². The zero-order valence-electron chi connectivity index (χ0n) is 11.7. The van der Waals surface area contributed by atoms with Crippen molar-refractivity contribution >= 4 is 34.6 Å². The number of nitrogens with one attached hydrogen (secondary N) is 3. The SMILES string of the molecule is CNC(=O)Nc1nc2ccc(Oc3ccccc3Cl)cc2[nH]1. The third-order valence-corrected chi connectivity index (χ3v) is 3.29. The summed E-state index contributed by atoms with van der Waals surface area (Å²) >= 11 is 6.07. The first kappa shape index (κ1) is 14.2. The van der Waals surface area contributed by atoms with Gasteiger partial charge in [0.15, 0.2) is 0 Å². The van der Waals surface area contributed by atoms with Gasteiger partial charge in [-0.3, -0.25) is 5.32 Å². The van der Waals surface area contributed by atoms with Crippen LogP contribution >= 0.6 is 11.6 Å². The van der Waals surface area contributed by atoms with Crippen molar-refractivity contribution in [3.8, 4) is 11.5 Å². The van der Waals surface area contributed by atoms with Gasteiger partial charge >= 0.3 is 6.03 Å². The average molecular weight is 317 g/mol. The van der Waals surface area contributed by atoms with Crippen LogP contribution in [0.2, 0.25) is 5.02 Å². The van der Waals surface area contributed by atoms with Crippen LogP contribution in [0.1, 0.15) is 0 Å². The highest BCUT2D eigenvalue weighted by molar-refractivity contribution is 6.32. The van der Waals surface area contributed by atoms with Gasteiger partial charge in [0.05, 0.1) is 16.1 Å². The molecule has 0 saturated carbocycles. The van der Waals surface area contributed by atoms with Gasteiger partial charge in [-0.1, -0.05) is 23.7 Å². The van der Waals surface area contributed by atoms with Crippen LogP contribution in [0.3, 0.4) is 0 Å². The van der Waals surface area contributed by atoms with Crippen LogP contribution in [0.25, 0.3) is 11.0 Å². The van der Waals surface area contributed by atoms with E-state index >= 15 is 0 Å². The van der Waals surface area contributed by atoms with Crippen LogP contribution in [0.15, 0.2) is 42.5 Å². The maximum absolute atomic E-state index is 11.3. The molecule has 7 heteroatoms. The third kappa shape index (κ3) is 2.96. The summed E-state index contributed by atoms with van der Waals surface area (Å²) < 4.78 is 5.75. The molecule has 112 valence electrons. The zero-order valence-corrected chi connectivity index (χ0v) is 12.4. The summed E-state index contributed by atoms with van der Waals surface area (Å²) in [4.78, 5) is 18.5. The van der Waals surface area contributed by atoms with Crippen molar-refractivity contribution in [2.24, 2.45) is 0 Å². The molecule has 0 saturated heterocycles. The third-order valence-electron chi connectivity index (χ3n) is 2.98. The molecule has 0 radical (unpaired) electrons. The lowest BCUT2D eigenvalue weighted by Gasteiger charge is -2.06. The fraction of sp³-hybridized carbons (Fsp3) is 0.0667.